The topological polar surface area (TPSA) is 38.9 Å². The van der Waals surface area contributed by atoms with Crippen molar-refractivity contribution in [2.45, 2.75) is 19.9 Å². The largest absolute Gasteiger partial charge is 0.319 e. The van der Waals surface area contributed by atoms with Crippen LogP contribution in [-0.4, -0.2) is 4.98 Å². The molecule has 1 aromatic carbocycles. The van der Waals surface area contributed by atoms with E-state index in [0.717, 1.165) is 16.7 Å². The highest BCUT2D eigenvalue weighted by Crippen LogP contribution is 2.20. The molecular formula is C14H15FN2. The maximum atomic E-state index is 12.8. The Bertz CT molecular complexity index is 500. The van der Waals surface area contributed by atoms with E-state index >= 15 is 0 Å². The molecule has 2 N–H and O–H groups in total. The summed E-state index contributed by atoms with van der Waals surface area (Å²) >= 11 is 0. The second-order valence-electron chi connectivity index (χ2n) is 4.30. The van der Waals surface area contributed by atoms with Crippen LogP contribution in [0.1, 0.15) is 28.4 Å². The minimum atomic E-state index is -0.346. The lowest BCUT2D eigenvalue weighted by Crippen LogP contribution is -2.13. The molecule has 2 nitrogen and oxygen atoms in total. The lowest BCUT2D eigenvalue weighted by atomic mass is 9.99. The van der Waals surface area contributed by atoms with Crippen molar-refractivity contribution in [3.63, 3.8) is 0 Å². The first-order chi connectivity index (χ1) is 8.06. The molecule has 0 saturated heterocycles. The van der Waals surface area contributed by atoms with Crippen LogP contribution in [0.2, 0.25) is 0 Å². The first kappa shape index (κ1) is 11.7. The fourth-order valence-electron chi connectivity index (χ4n) is 1.93. The number of hydrogen-bond donors (Lipinski definition) is 1. The predicted octanol–water partition coefficient (Wildman–Crippen LogP) is 2.89. The highest BCUT2D eigenvalue weighted by molar-refractivity contribution is 5.34. The summed E-state index contributed by atoms with van der Waals surface area (Å²) in [5.74, 6) is -0.346. The molecule has 1 aromatic heterocycles. The molecule has 0 fully saturated rings. The quantitative estimate of drug-likeness (QED) is 0.861. The highest BCUT2D eigenvalue weighted by atomic mass is 19.1. The van der Waals surface area contributed by atoms with E-state index < -0.39 is 0 Å². The Morgan fingerprint density at radius 2 is 1.76 bits per heavy atom. The summed E-state index contributed by atoms with van der Waals surface area (Å²) in [7, 11) is 0. The normalized spacial score (nSPS) is 12.5. The van der Waals surface area contributed by atoms with Crippen LogP contribution in [0.4, 0.5) is 4.39 Å². The minimum absolute atomic E-state index is 0.311. The van der Waals surface area contributed by atoms with Crippen LogP contribution in [-0.2, 0) is 0 Å². The molecule has 2 rings (SSSR count). The lowest BCUT2D eigenvalue weighted by molar-refractivity contribution is 0.617. The van der Waals surface area contributed by atoms with Gasteiger partial charge < -0.3 is 5.73 Å². The Hall–Kier alpha value is -1.74. The summed E-state index contributed by atoms with van der Waals surface area (Å²) in [4.78, 5) is 4.01. The zero-order chi connectivity index (χ0) is 12.4. The number of halogens is 1. The SMILES string of the molecule is Cc1cc(C)cc(C(N)c2ccc(F)cn2)c1. The Morgan fingerprint density at radius 3 is 2.29 bits per heavy atom. The average Bonchev–Trinajstić information content (AvgIpc) is 2.28. The van der Waals surface area contributed by atoms with Gasteiger partial charge in [-0.15, -0.1) is 0 Å². The zero-order valence-corrected chi connectivity index (χ0v) is 9.94. The molecule has 0 aliphatic carbocycles. The van der Waals surface area contributed by atoms with E-state index in [0.29, 0.717) is 5.69 Å². The Labute approximate surface area is 100 Å². The first-order valence-electron chi connectivity index (χ1n) is 5.51. The van der Waals surface area contributed by atoms with Crippen molar-refractivity contribution in [1.82, 2.24) is 4.98 Å². The molecule has 0 aliphatic rings. The summed E-state index contributed by atoms with van der Waals surface area (Å²) in [5, 5.41) is 0. The molecule has 0 amide bonds. The van der Waals surface area contributed by atoms with Crippen LogP contribution in [0.3, 0.4) is 0 Å². The van der Waals surface area contributed by atoms with Crippen molar-refractivity contribution in [3.05, 3.63) is 64.7 Å². The maximum Gasteiger partial charge on any atom is 0.141 e. The molecule has 1 unspecified atom stereocenters. The lowest BCUT2D eigenvalue weighted by Gasteiger charge is -2.13. The molecule has 3 heteroatoms. The molecule has 1 heterocycles. The van der Waals surface area contributed by atoms with Gasteiger partial charge in [0.1, 0.15) is 5.82 Å². The molecule has 0 spiro atoms. The van der Waals surface area contributed by atoms with Crippen LogP contribution in [0.15, 0.2) is 36.5 Å². The summed E-state index contributed by atoms with van der Waals surface area (Å²) < 4.78 is 12.8. The van der Waals surface area contributed by atoms with Crippen molar-refractivity contribution in [3.8, 4) is 0 Å². The van der Waals surface area contributed by atoms with Crippen molar-refractivity contribution in [2.24, 2.45) is 5.73 Å². The van der Waals surface area contributed by atoms with Gasteiger partial charge in [-0.3, -0.25) is 4.98 Å². The van der Waals surface area contributed by atoms with Gasteiger partial charge in [0.25, 0.3) is 0 Å². The van der Waals surface area contributed by atoms with Gasteiger partial charge in [-0.25, -0.2) is 4.39 Å². The van der Waals surface area contributed by atoms with Gasteiger partial charge in [-0.2, -0.15) is 0 Å². The maximum absolute atomic E-state index is 12.8. The monoisotopic (exact) mass is 230 g/mol. The number of benzene rings is 1. The van der Waals surface area contributed by atoms with E-state index in [-0.39, 0.29) is 11.9 Å². The number of pyridine rings is 1. The first-order valence-corrected chi connectivity index (χ1v) is 5.51. The van der Waals surface area contributed by atoms with Crippen molar-refractivity contribution < 1.29 is 4.39 Å². The summed E-state index contributed by atoms with van der Waals surface area (Å²) in [6.45, 7) is 4.06. The third-order valence-electron chi connectivity index (χ3n) is 2.67. The van der Waals surface area contributed by atoms with E-state index in [2.05, 4.69) is 11.1 Å². The Morgan fingerprint density at radius 1 is 1.12 bits per heavy atom. The molecular weight excluding hydrogens is 215 g/mol. The van der Waals surface area contributed by atoms with E-state index in [1.807, 2.05) is 26.0 Å². The third-order valence-corrected chi connectivity index (χ3v) is 2.67. The van der Waals surface area contributed by atoms with Crippen LogP contribution in [0.5, 0.6) is 0 Å². The van der Waals surface area contributed by atoms with Gasteiger partial charge in [0, 0.05) is 0 Å². The van der Waals surface area contributed by atoms with Crippen molar-refractivity contribution >= 4 is 0 Å². The molecule has 0 saturated carbocycles. The highest BCUT2D eigenvalue weighted by Gasteiger charge is 2.11. The molecule has 0 bridgehead atoms. The van der Waals surface area contributed by atoms with Crippen LogP contribution in [0, 0.1) is 19.7 Å². The van der Waals surface area contributed by atoms with Gasteiger partial charge in [-0.1, -0.05) is 29.3 Å². The fourth-order valence-corrected chi connectivity index (χ4v) is 1.93. The van der Waals surface area contributed by atoms with Crippen molar-refractivity contribution in [1.29, 1.82) is 0 Å². The number of nitrogens with two attached hydrogens (primary N) is 1. The van der Waals surface area contributed by atoms with Gasteiger partial charge >= 0.3 is 0 Å². The van der Waals surface area contributed by atoms with Crippen LogP contribution >= 0.6 is 0 Å². The standard InChI is InChI=1S/C14H15FN2/c1-9-5-10(2)7-11(6-9)14(16)13-4-3-12(15)8-17-13/h3-8,14H,16H2,1-2H3. The molecule has 88 valence electrons. The molecule has 0 aliphatic heterocycles. The molecule has 2 aromatic rings. The number of hydrogen-bond acceptors (Lipinski definition) is 2. The molecule has 17 heavy (non-hydrogen) atoms. The van der Waals surface area contributed by atoms with Gasteiger partial charge in [0.15, 0.2) is 0 Å². The number of nitrogens with zero attached hydrogens (tertiary/aromatic N) is 1. The van der Waals surface area contributed by atoms with Crippen molar-refractivity contribution in [2.75, 3.05) is 0 Å². The van der Waals surface area contributed by atoms with Crippen LogP contribution in [0.25, 0.3) is 0 Å². The molecule has 1 atom stereocenters. The average molecular weight is 230 g/mol. The minimum Gasteiger partial charge on any atom is -0.319 e. The predicted molar refractivity (Wildman–Crippen MR) is 66.1 cm³/mol. The van der Waals surface area contributed by atoms with E-state index in [9.17, 15) is 4.39 Å². The Balaban J connectivity index is 2.36. The van der Waals surface area contributed by atoms with Gasteiger partial charge in [0.2, 0.25) is 0 Å². The number of aromatic nitrogens is 1. The summed E-state index contributed by atoms with van der Waals surface area (Å²) in [5.41, 5.74) is 10.1. The van der Waals surface area contributed by atoms with Gasteiger partial charge in [0.05, 0.1) is 17.9 Å². The molecule has 0 radical (unpaired) electrons. The third kappa shape index (κ3) is 2.68. The fraction of sp³-hybridized carbons (Fsp3) is 0.214. The second kappa shape index (κ2) is 4.63. The smallest absolute Gasteiger partial charge is 0.141 e. The Kier molecular flexibility index (Phi) is 3.20. The number of rotatable bonds is 2. The van der Waals surface area contributed by atoms with E-state index in [4.69, 9.17) is 5.73 Å². The summed E-state index contributed by atoms with van der Waals surface area (Å²) in [6.07, 6.45) is 1.19. The zero-order valence-electron chi connectivity index (χ0n) is 9.94. The summed E-state index contributed by atoms with van der Waals surface area (Å²) in [6, 6.07) is 8.84. The van der Waals surface area contributed by atoms with E-state index in [1.54, 1.807) is 6.07 Å². The van der Waals surface area contributed by atoms with Crippen LogP contribution < -0.4 is 5.73 Å². The second-order valence-corrected chi connectivity index (χ2v) is 4.30. The van der Waals surface area contributed by atoms with Gasteiger partial charge in [-0.05, 0) is 31.5 Å². The van der Waals surface area contributed by atoms with E-state index in [1.165, 1.54) is 12.3 Å². The number of aryl methyl sites for hydroxylation is 2.